The fourth-order valence-corrected chi connectivity index (χ4v) is 3.29. The number of aromatic amines is 1. The van der Waals surface area contributed by atoms with Crippen LogP contribution < -0.4 is 10.7 Å². The number of fused-ring (bicyclic) bond motifs is 1. The lowest BCUT2D eigenvalue weighted by molar-refractivity contribution is 0.250. The number of aromatic nitrogens is 1. The third kappa shape index (κ3) is 3.69. The first kappa shape index (κ1) is 8.59. The Morgan fingerprint density at radius 3 is 2.52 bits per heavy atom. The van der Waals surface area contributed by atoms with Gasteiger partial charge in [-0.1, -0.05) is 54.4 Å². The number of piperazine rings is 1. The third-order valence-corrected chi connectivity index (χ3v) is 4.68. The maximum Gasteiger partial charge on any atom is 0.417 e. The van der Waals surface area contributed by atoms with Gasteiger partial charge in [0.05, 0.1) is 27.7 Å². The number of hydrogen-bond acceptors (Lipinski definition) is 4. The van der Waals surface area contributed by atoms with Crippen LogP contribution in [0.3, 0.4) is 0 Å². The van der Waals surface area contributed by atoms with Crippen LogP contribution in [0.25, 0.3) is 22.2 Å². The van der Waals surface area contributed by atoms with Gasteiger partial charge in [0.2, 0.25) is 0 Å². The number of benzene rings is 3. The van der Waals surface area contributed by atoms with Crippen molar-refractivity contribution in [3.63, 3.8) is 0 Å². The van der Waals surface area contributed by atoms with E-state index in [0.717, 1.165) is 0 Å². The van der Waals surface area contributed by atoms with Gasteiger partial charge in [0.15, 0.2) is 6.99 Å². The van der Waals surface area contributed by atoms with Crippen molar-refractivity contribution in [1.82, 2.24) is 9.88 Å². The average Bonchev–Trinajstić information content (AvgIpc) is 3.26. The number of anilines is 1. The summed E-state index contributed by atoms with van der Waals surface area (Å²) in [4.78, 5) is 15.9. The zero-order valence-corrected chi connectivity index (χ0v) is 15.2. The summed E-state index contributed by atoms with van der Waals surface area (Å²) in [5, 5.41) is 0. The van der Waals surface area contributed by atoms with Crippen molar-refractivity contribution >= 4 is 16.8 Å². The second-order valence-corrected chi connectivity index (χ2v) is 6.50. The number of nitrogens with one attached hydrogen (secondary N) is 1. The Labute approximate surface area is 187 Å². The van der Waals surface area contributed by atoms with Gasteiger partial charge in [0.1, 0.15) is 0 Å². The fourth-order valence-electron chi connectivity index (χ4n) is 3.29. The van der Waals surface area contributed by atoms with E-state index in [9.17, 15) is 4.79 Å². The van der Waals surface area contributed by atoms with Crippen LogP contribution in [0.5, 0.6) is 0 Å². The number of rotatable bonds is 4. The fraction of sp³-hybridized carbons (Fsp3) is 0.208. The van der Waals surface area contributed by atoms with Crippen LogP contribution >= 0.6 is 0 Å². The monoisotopic (exact) mass is 398 g/mol. The van der Waals surface area contributed by atoms with E-state index in [0.29, 0.717) is 18.1 Å². The van der Waals surface area contributed by atoms with Crippen LogP contribution in [-0.2, 0) is 6.54 Å². The normalized spacial score (nSPS) is 21.4. The zero-order valence-electron chi connectivity index (χ0n) is 28.2. The van der Waals surface area contributed by atoms with Crippen LogP contribution in [0.4, 0.5) is 5.69 Å². The first-order valence-electron chi connectivity index (χ1n) is 15.4. The minimum atomic E-state index is -1.05. The Hall–Kier alpha value is -3.31. The van der Waals surface area contributed by atoms with Crippen LogP contribution in [0.15, 0.2) is 81.7 Å². The summed E-state index contributed by atoms with van der Waals surface area (Å²) in [7, 11) is 0. The van der Waals surface area contributed by atoms with Gasteiger partial charge in [0, 0.05) is 32.7 Å². The van der Waals surface area contributed by atoms with Gasteiger partial charge in [-0.15, -0.1) is 0 Å². The van der Waals surface area contributed by atoms with Gasteiger partial charge >= 0.3 is 5.76 Å². The number of H-pyrrole nitrogens is 1. The summed E-state index contributed by atoms with van der Waals surface area (Å²) < 4.78 is 112. The molecule has 1 saturated heterocycles. The van der Waals surface area contributed by atoms with E-state index < -0.39 is 60.1 Å². The summed E-state index contributed by atoms with van der Waals surface area (Å²) in [5.74, 6) is -1.05. The van der Waals surface area contributed by atoms with Crippen molar-refractivity contribution in [2.24, 2.45) is 0 Å². The van der Waals surface area contributed by atoms with E-state index in [1.807, 2.05) is 4.90 Å². The maximum atomic E-state index is 12.0. The molecule has 0 aliphatic carbocycles. The smallest absolute Gasteiger partial charge is 0.406 e. The molecule has 0 amide bonds. The van der Waals surface area contributed by atoms with E-state index in [1.54, 1.807) is 4.90 Å². The van der Waals surface area contributed by atoms with E-state index in [4.69, 9.17) is 22.3 Å². The number of para-hydroxylation sites is 1. The quantitative estimate of drug-likeness (QED) is 0.562. The van der Waals surface area contributed by atoms with Crippen LogP contribution in [0, 0.1) is 0 Å². The first-order chi connectivity index (χ1) is 19.7. The molecule has 0 spiro atoms. The van der Waals surface area contributed by atoms with Crippen molar-refractivity contribution in [1.29, 1.82) is 0 Å². The van der Waals surface area contributed by atoms with E-state index in [2.05, 4.69) is 0 Å². The maximum absolute atomic E-state index is 12.0. The van der Waals surface area contributed by atoms with Crippen molar-refractivity contribution in [2.75, 3.05) is 31.1 Å². The van der Waals surface area contributed by atoms with Crippen molar-refractivity contribution in [3.8, 4) is 11.1 Å². The highest BCUT2D eigenvalue weighted by atomic mass is 16.4. The highest BCUT2D eigenvalue weighted by molar-refractivity contribution is 5.86. The summed E-state index contributed by atoms with van der Waals surface area (Å²) in [6, 6.07) is -6.30. The molecule has 1 N–H and O–H groups in total. The molecule has 2 heterocycles. The SMILES string of the molecule is [2H]c1c([2H])c([2H])c(-c2c([2H])c([2H])c([2H])c(CN3CCN(c4c([2H])c([2H])c([2H])c5c4oc(=O)n5[2H])CC3)c2[2H])c([2H])c1[2H]. The lowest BCUT2D eigenvalue weighted by Gasteiger charge is -2.36. The highest BCUT2D eigenvalue weighted by Gasteiger charge is 2.20. The largest absolute Gasteiger partial charge is 0.417 e. The topological polar surface area (TPSA) is 52.5 Å². The molecule has 146 valence electrons. The van der Waals surface area contributed by atoms with Gasteiger partial charge in [-0.2, -0.15) is 0 Å². The molecule has 1 aliphatic rings. The molecule has 4 aromatic rings. The minimum Gasteiger partial charge on any atom is -0.406 e. The summed E-state index contributed by atoms with van der Waals surface area (Å²) in [6.45, 7) is 1.04. The van der Waals surface area contributed by atoms with Gasteiger partial charge in [-0.05, 0) is 34.8 Å². The number of nitrogens with zero attached hydrogens (tertiary/aromatic N) is 2. The Kier molecular flexibility index (Phi) is 2.25. The van der Waals surface area contributed by atoms with Crippen molar-refractivity contribution in [2.45, 2.75) is 6.54 Å². The third-order valence-electron chi connectivity index (χ3n) is 4.68. The molecule has 5 rings (SSSR count). The highest BCUT2D eigenvalue weighted by Crippen LogP contribution is 2.26. The van der Waals surface area contributed by atoms with Gasteiger partial charge in [0.25, 0.3) is 0 Å². The number of hydrogen-bond donors (Lipinski definition) is 1. The van der Waals surface area contributed by atoms with Gasteiger partial charge in [-0.25, -0.2) is 4.79 Å². The van der Waals surface area contributed by atoms with E-state index >= 15 is 0 Å². The molecule has 1 aliphatic heterocycles. The Morgan fingerprint density at radius 1 is 0.931 bits per heavy atom. The Balaban J connectivity index is 1.49. The molecule has 0 radical (unpaired) electrons. The second kappa shape index (κ2) is 7.60. The molecule has 29 heavy (non-hydrogen) atoms. The summed E-state index contributed by atoms with van der Waals surface area (Å²) in [6.07, 6.45) is 0. The lowest BCUT2D eigenvalue weighted by atomic mass is 10.0. The Morgan fingerprint density at radius 2 is 1.69 bits per heavy atom. The molecule has 0 unspecified atom stereocenters. The van der Waals surface area contributed by atoms with Crippen LogP contribution in [0.1, 0.15) is 22.0 Å². The number of oxazole rings is 1. The molecule has 5 nitrogen and oxygen atoms in total. The molecule has 0 bridgehead atoms. The van der Waals surface area contributed by atoms with Gasteiger partial charge in [-0.3, -0.25) is 9.88 Å². The van der Waals surface area contributed by atoms with Crippen molar-refractivity contribution < 1.29 is 22.3 Å². The summed E-state index contributed by atoms with van der Waals surface area (Å²) >= 11 is 0. The van der Waals surface area contributed by atoms with Gasteiger partial charge < -0.3 is 9.32 Å². The molecule has 5 heteroatoms. The molecule has 1 fully saturated rings. The summed E-state index contributed by atoms with van der Waals surface area (Å²) in [5.41, 5.74) is -0.907. The zero-order chi connectivity index (χ0) is 30.9. The Bertz CT molecular complexity index is 1820. The molecule has 1 aromatic heterocycles. The lowest BCUT2D eigenvalue weighted by Crippen LogP contribution is -2.46. The van der Waals surface area contributed by atoms with E-state index in [1.165, 1.54) is 0 Å². The average molecular weight is 399 g/mol. The predicted octanol–water partition coefficient (Wildman–Crippen LogP) is 4.11. The first-order valence-corrected chi connectivity index (χ1v) is 8.97. The van der Waals surface area contributed by atoms with Crippen molar-refractivity contribution in [3.05, 3.63) is 88.6 Å². The van der Waals surface area contributed by atoms with Crippen LogP contribution in [-0.4, -0.2) is 36.1 Å². The second-order valence-electron chi connectivity index (χ2n) is 6.50. The molecular weight excluding hydrogens is 362 g/mol. The molecule has 0 atom stereocenters. The molecule has 0 saturated carbocycles. The minimum absolute atomic E-state index is 0.0278. The predicted molar refractivity (Wildman–Crippen MR) is 116 cm³/mol. The van der Waals surface area contributed by atoms with E-state index in [-0.39, 0.29) is 71.2 Å². The molecular formula is C24H23N3O2. The standard InChI is InChI=1S/C24H23N3O2/c28-24-25-21-10-5-11-22(23(21)29-24)27-14-12-26(13-15-27)17-18-6-4-9-20(16-18)19-7-2-1-3-8-19/h1-11,16H,12-15,17H2,(H,25,28)/i1D,2D,3D,4D,5D,6D,7D,8D,9D,10D,11D,16D/hD. The molecule has 3 aromatic carbocycles. The van der Waals surface area contributed by atoms with Crippen LogP contribution in [0.2, 0.25) is 1.41 Å².